The first kappa shape index (κ1) is 14.1. The van der Waals surface area contributed by atoms with Crippen molar-refractivity contribution in [1.29, 1.82) is 0 Å². The summed E-state index contributed by atoms with van der Waals surface area (Å²) in [5, 5.41) is 4.25. The van der Waals surface area contributed by atoms with Crippen LogP contribution < -0.4 is 0 Å². The quantitative estimate of drug-likeness (QED) is 0.694. The normalized spacial score (nSPS) is 10.6. The Bertz CT molecular complexity index is 814. The van der Waals surface area contributed by atoms with Gasteiger partial charge < -0.3 is 0 Å². The Morgan fingerprint density at radius 1 is 1.23 bits per heavy atom. The van der Waals surface area contributed by atoms with Gasteiger partial charge in [0.2, 0.25) is 5.78 Å². The van der Waals surface area contributed by atoms with Gasteiger partial charge in [-0.15, -0.1) is 0 Å². The molecular formula is C16H13FN4O. The topological polar surface area (TPSA) is 60.7 Å². The maximum Gasteiger partial charge on any atom is 0.216 e. The molecule has 0 aliphatic heterocycles. The third-order valence-corrected chi connectivity index (χ3v) is 3.26. The van der Waals surface area contributed by atoms with E-state index in [1.54, 1.807) is 36.0 Å². The van der Waals surface area contributed by atoms with E-state index in [0.29, 0.717) is 23.4 Å². The second-order valence-corrected chi connectivity index (χ2v) is 4.94. The van der Waals surface area contributed by atoms with Crippen LogP contribution in [-0.4, -0.2) is 25.5 Å². The van der Waals surface area contributed by atoms with Crippen molar-refractivity contribution in [2.24, 2.45) is 0 Å². The van der Waals surface area contributed by atoms with E-state index >= 15 is 0 Å². The Morgan fingerprint density at radius 3 is 2.73 bits per heavy atom. The van der Waals surface area contributed by atoms with E-state index in [-0.39, 0.29) is 11.6 Å². The lowest BCUT2D eigenvalue weighted by Gasteiger charge is -2.04. The molecule has 2 aromatic heterocycles. The van der Waals surface area contributed by atoms with Crippen molar-refractivity contribution >= 4 is 5.78 Å². The van der Waals surface area contributed by atoms with E-state index in [1.807, 2.05) is 0 Å². The Labute approximate surface area is 126 Å². The molecule has 0 saturated heterocycles. The van der Waals surface area contributed by atoms with Crippen molar-refractivity contribution < 1.29 is 9.18 Å². The first-order valence-electron chi connectivity index (χ1n) is 6.71. The van der Waals surface area contributed by atoms with Gasteiger partial charge in [-0.1, -0.05) is 12.1 Å². The molecule has 5 nitrogen and oxygen atoms in total. The fourth-order valence-electron chi connectivity index (χ4n) is 2.13. The van der Waals surface area contributed by atoms with Crippen molar-refractivity contribution in [1.82, 2.24) is 19.7 Å². The van der Waals surface area contributed by atoms with E-state index in [2.05, 4.69) is 15.1 Å². The molecule has 0 saturated carbocycles. The van der Waals surface area contributed by atoms with Crippen molar-refractivity contribution in [2.45, 2.75) is 13.5 Å². The van der Waals surface area contributed by atoms with Crippen LogP contribution in [0.15, 0.2) is 49.2 Å². The van der Waals surface area contributed by atoms with E-state index in [0.717, 1.165) is 5.56 Å². The van der Waals surface area contributed by atoms with Crippen LogP contribution in [0.5, 0.6) is 0 Å². The van der Waals surface area contributed by atoms with Crippen LogP contribution in [0.25, 0.3) is 0 Å². The first-order chi connectivity index (χ1) is 10.6. The fourth-order valence-corrected chi connectivity index (χ4v) is 2.13. The van der Waals surface area contributed by atoms with Gasteiger partial charge in [-0.2, -0.15) is 5.10 Å². The SMILES string of the molecule is Cc1cc(Cn2ccc(C(=O)c3cncnc3)n2)ccc1F. The number of ketones is 1. The molecule has 0 N–H and O–H groups in total. The Hall–Kier alpha value is -2.89. The molecule has 0 atom stereocenters. The highest BCUT2D eigenvalue weighted by Crippen LogP contribution is 2.11. The largest absolute Gasteiger partial charge is 0.287 e. The highest BCUT2D eigenvalue weighted by molar-refractivity contribution is 6.07. The molecule has 3 aromatic rings. The minimum Gasteiger partial charge on any atom is -0.287 e. The van der Waals surface area contributed by atoms with E-state index < -0.39 is 0 Å². The van der Waals surface area contributed by atoms with E-state index in [9.17, 15) is 9.18 Å². The summed E-state index contributed by atoms with van der Waals surface area (Å²) in [5.74, 6) is -0.459. The molecule has 3 rings (SSSR count). The lowest BCUT2D eigenvalue weighted by atomic mass is 10.1. The summed E-state index contributed by atoms with van der Waals surface area (Å²) in [6.45, 7) is 2.19. The van der Waals surface area contributed by atoms with Gasteiger partial charge >= 0.3 is 0 Å². The van der Waals surface area contributed by atoms with Crippen LogP contribution in [0.3, 0.4) is 0 Å². The van der Waals surface area contributed by atoms with Gasteiger partial charge in [0, 0.05) is 18.6 Å². The fraction of sp³-hybridized carbons (Fsp3) is 0.125. The van der Waals surface area contributed by atoms with Crippen LogP contribution in [-0.2, 0) is 6.54 Å². The molecule has 0 radical (unpaired) electrons. The summed E-state index contributed by atoms with van der Waals surface area (Å²) in [6.07, 6.45) is 6.00. The molecular weight excluding hydrogens is 283 g/mol. The Morgan fingerprint density at radius 2 is 2.00 bits per heavy atom. The number of carbonyl (C=O) groups excluding carboxylic acids is 1. The van der Waals surface area contributed by atoms with E-state index in [1.165, 1.54) is 24.8 Å². The first-order valence-corrected chi connectivity index (χ1v) is 6.71. The second kappa shape index (κ2) is 5.85. The number of hydrogen-bond acceptors (Lipinski definition) is 4. The maximum absolute atomic E-state index is 13.3. The predicted molar refractivity (Wildman–Crippen MR) is 77.9 cm³/mol. The molecule has 0 unspecified atom stereocenters. The van der Waals surface area contributed by atoms with Crippen molar-refractivity contribution in [3.05, 3.63) is 77.4 Å². The van der Waals surface area contributed by atoms with Crippen LogP contribution >= 0.6 is 0 Å². The zero-order chi connectivity index (χ0) is 15.5. The molecule has 2 heterocycles. The van der Waals surface area contributed by atoms with Crippen molar-refractivity contribution in [2.75, 3.05) is 0 Å². The molecule has 0 aliphatic carbocycles. The van der Waals surface area contributed by atoms with Gasteiger partial charge in [-0.25, -0.2) is 14.4 Å². The van der Waals surface area contributed by atoms with Crippen LogP contribution in [0.1, 0.15) is 27.2 Å². The molecule has 6 heteroatoms. The summed E-state index contributed by atoms with van der Waals surface area (Å²) < 4.78 is 14.9. The summed E-state index contributed by atoms with van der Waals surface area (Å²) in [7, 11) is 0. The Balaban J connectivity index is 1.79. The lowest BCUT2D eigenvalue weighted by Crippen LogP contribution is -2.06. The zero-order valence-electron chi connectivity index (χ0n) is 11.9. The zero-order valence-corrected chi connectivity index (χ0v) is 11.9. The monoisotopic (exact) mass is 296 g/mol. The molecule has 22 heavy (non-hydrogen) atoms. The summed E-state index contributed by atoms with van der Waals surface area (Å²) in [5.41, 5.74) is 2.23. The molecule has 1 aromatic carbocycles. The van der Waals surface area contributed by atoms with Crippen LogP contribution in [0, 0.1) is 12.7 Å². The minimum atomic E-state index is -0.232. The van der Waals surface area contributed by atoms with Crippen LogP contribution in [0.2, 0.25) is 0 Å². The average Bonchev–Trinajstić information content (AvgIpc) is 2.99. The van der Waals surface area contributed by atoms with Crippen molar-refractivity contribution in [3.8, 4) is 0 Å². The average molecular weight is 296 g/mol. The predicted octanol–water partition coefficient (Wildman–Crippen LogP) is 2.40. The molecule has 110 valence electrons. The number of nitrogens with zero attached hydrogens (tertiary/aromatic N) is 4. The second-order valence-electron chi connectivity index (χ2n) is 4.94. The highest BCUT2D eigenvalue weighted by Gasteiger charge is 2.13. The third kappa shape index (κ3) is 2.90. The maximum atomic E-state index is 13.3. The van der Waals surface area contributed by atoms with Gasteiger partial charge in [0.25, 0.3) is 0 Å². The molecule has 0 spiro atoms. The summed E-state index contributed by atoms with van der Waals surface area (Å²) >= 11 is 0. The van der Waals surface area contributed by atoms with Gasteiger partial charge in [-0.3, -0.25) is 9.48 Å². The number of hydrogen-bond donors (Lipinski definition) is 0. The van der Waals surface area contributed by atoms with Gasteiger partial charge in [0.15, 0.2) is 0 Å². The van der Waals surface area contributed by atoms with Gasteiger partial charge in [0.1, 0.15) is 17.8 Å². The van der Waals surface area contributed by atoms with Crippen LogP contribution in [0.4, 0.5) is 4.39 Å². The Kier molecular flexibility index (Phi) is 3.74. The number of aryl methyl sites for hydroxylation is 1. The van der Waals surface area contributed by atoms with Gasteiger partial charge in [0.05, 0.1) is 12.1 Å². The molecule has 0 aliphatic rings. The van der Waals surface area contributed by atoms with Crippen molar-refractivity contribution in [3.63, 3.8) is 0 Å². The smallest absolute Gasteiger partial charge is 0.216 e. The molecule has 0 amide bonds. The molecule has 0 fully saturated rings. The standard InChI is InChI=1S/C16H13FN4O/c1-11-6-12(2-3-14(11)17)9-21-5-4-15(20-21)16(22)13-7-18-10-19-8-13/h2-8,10H,9H2,1H3. The lowest BCUT2D eigenvalue weighted by molar-refractivity contribution is 0.103. The summed E-state index contributed by atoms with van der Waals surface area (Å²) in [6, 6.07) is 6.55. The summed E-state index contributed by atoms with van der Waals surface area (Å²) in [4.78, 5) is 19.8. The number of benzene rings is 1. The minimum absolute atomic E-state index is 0.227. The van der Waals surface area contributed by atoms with Gasteiger partial charge in [-0.05, 0) is 30.2 Å². The molecule has 0 bridgehead atoms. The number of rotatable bonds is 4. The number of carbonyl (C=O) groups is 1. The number of halogens is 1. The third-order valence-electron chi connectivity index (χ3n) is 3.26. The highest BCUT2D eigenvalue weighted by atomic mass is 19.1. The number of aromatic nitrogens is 4. The van der Waals surface area contributed by atoms with E-state index in [4.69, 9.17) is 0 Å².